The van der Waals surface area contributed by atoms with E-state index in [1.54, 1.807) is 11.3 Å². The summed E-state index contributed by atoms with van der Waals surface area (Å²) in [6.45, 7) is 0. The third kappa shape index (κ3) is 5.28. The molecule has 0 spiro atoms. The molecular weight excluding hydrogens is 645 g/mol. The van der Waals surface area contributed by atoms with Crippen molar-refractivity contribution in [2.75, 3.05) is 0 Å². The van der Waals surface area contributed by atoms with Gasteiger partial charge in [-0.2, -0.15) is 0 Å². The van der Waals surface area contributed by atoms with Crippen LogP contribution in [0, 0.1) is 0 Å². The van der Waals surface area contributed by atoms with Gasteiger partial charge in [-0.05, 0) is 51.9 Å². The molecule has 0 aliphatic heterocycles. The molecule has 51 heavy (non-hydrogen) atoms. The van der Waals surface area contributed by atoms with E-state index in [2.05, 4.69) is 65.6 Å². The molecule has 0 amide bonds. The highest BCUT2D eigenvalue weighted by atomic mass is 32.1. The molecule has 4 aromatic heterocycles. The van der Waals surface area contributed by atoms with Crippen molar-refractivity contribution >= 4 is 53.3 Å². The molecule has 0 saturated heterocycles. The monoisotopic (exact) mass is 670 g/mol. The minimum atomic E-state index is 0.602. The maximum atomic E-state index is 5.25. The Hall–Kier alpha value is -6.70. The number of benzene rings is 6. The normalized spacial score (nSPS) is 11.5. The van der Waals surface area contributed by atoms with E-state index in [1.807, 2.05) is 97.2 Å². The topological polar surface area (TPSA) is 77.3 Å². The van der Waals surface area contributed by atoms with E-state index in [9.17, 15) is 0 Å². The fourth-order valence-corrected chi connectivity index (χ4v) is 7.69. The maximum absolute atomic E-state index is 5.25. The van der Waals surface area contributed by atoms with Crippen molar-refractivity contribution in [3.05, 3.63) is 158 Å². The number of rotatable bonds is 5. The van der Waals surface area contributed by atoms with Crippen molar-refractivity contribution in [3.8, 4) is 56.8 Å². The van der Waals surface area contributed by atoms with Gasteiger partial charge >= 0.3 is 0 Å². The zero-order chi connectivity index (χ0) is 33.7. The van der Waals surface area contributed by atoms with Crippen LogP contribution < -0.4 is 0 Å². The van der Waals surface area contributed by atoms with E-state index in [-0.39, 0.29) is 0 Å². The quantitative estimate of drug-likeness (QED) is 0.170. The molecule has 6 aromatic carbocycles. The summed E-state index contributed by atoms with van der Waals surface area (Å²) < 4.78 is 1.02. The summed E-state index contributed by atoms with van der Waals surface area (Å²) in [6, 6.07) is 51.8. The van der Waals surface area contributed by atoms with E-state index in [1.165, 1.54) is 21.5 Å². The molecule has 0 atom stereocenters. The lowest BCUT2D eigenvalue weighted by molar-refractivity contribution is 1.07. The van der Waals surface area contributed by atoms with Gasteiger partial charge in [0.25, 0.3) is 0 Å². The van der Waals surface area contributed by atoms with Gasteiger partial charge in [0.1, 0.15) is 4.83 Å². The molecule has 0 fully saturated rings. The first-order chi connectivity index (χ1) is 25.2. The summed E-state index contributed by atoms with van der Waals surface area (Å²) in [5.74, 6) is 2.51. The molecule has 238 valence electrons. The molecule has 0 unspecified atom stereocenters. The van der Waals surface area contributed by atoms with Crippen LogP contribution in [0.15, 0.2) is 158 Å². The molecule has 0 N–H and O–H groups in total. The van der Waals surface area contributed by atoms with Gasteiger partial charge in [-0.15, -0.1) is 11.3 Å². The van der Waals surface area contributed by atoms with Crippen molar-refractivity contribution in [1.29, 1.82) is 0 Å². The largest absolute Gasteiger partial charge is 0.245 e. The highest BCUT2D eigenvalue weighted by Gasteiger charge is 2.18. The maximum Gasteiger partial charge on any atom is 0.164 e. The van der Waals surface area contributed by atoms with Gasteiger partial charge in [0.05, 0.1) is 15.9 Å². The Morgan fingerprint density at radius 2 is 0.882 bits per heavy atom. The van der Waals surface area contributed by atoms with E-state index in [4.69, 9.17) is 24.9 Å². The van der Waals surface area contributed by atoms with Crippen molar-refractivity contribution in [2.24, 2.45) is 0 Å². The number of thiophene rings is 1. The molecular formula is C44H26N6S. The Balaban J connectivity index is 1.10. The van der Waals surface area contributed by atoms with Crippen LogP contribution in [-0.2, 0) is 0 Å². The standard InChI is InChI=1S/C44H26N6S/c1-3-10-27(11-4-1)41-48-42(28-12-5-2-6-13-28)50-43(49-41)30-19-17-29(18-20-30)40-46-37(39-38(47-40)36-16-9-23-45-44(36)51-39)34-22-21-33-24-31-14-7-8-15-32(31)25-35(33)26-34/h1-26H. The summed E-state index contributed by atoms with van der Waals surface area (Å²) in [7, 11) is 0. The fraction of sp³-hybridized carbons (Fsp3) is 0. The molecule has 10 rings (SSSR count). The Morgan fingerprint density at radius 1 is 0.373 bits per heavy atom. The number of hydrogen-bond donors (Lipinski definition) is 0. The molecule has 0 saturated carbocycles. The third-order valence-corrected chi connectivity index (χ3v) is 10.3. The number of nitrogens with zero attached hydrogens (tertiary/aromatic N) is 6. The first-order valence-electron chi connectivity index (χ1n) is 16.7. The highest BCUT2D eigenvalue weighted by Crippen LogP contribution is 2.39. The van der Waals surface area contributed by atoms with Gasteiger partial charge < -0.3 is 0 Å². The Morgan fingerprint density at radius 3 is 1.51 bits per heavy atom. The molecule has 0 aliphatic rings. The predicted molar refractivity (Wildman–Crippen MR) is 208 cm³/mol. The molecule has 6 nitrogen and oxygen atoms in total. The number of fused-ring (bicyclic) bond motifs is 5. The van der Waals surface area contributed by atoms with Crippen LogP contribution >= 0.6 is 11.3 Å². The van der Waals surface area contributed by atoms with Crippen LogP contribution in [0.2, 0.25) is 0 Å². The molecule has 0 aliphatic carbocycles. The van der Waals surface area contributed by atoms with Crippen molar-refractivity contribution < 1.29 is 0 Å². The molecule has 0 bridgehead atoms. The first kappa shape index (κ1) is 29.2. The lowest BCUT2D eigenvalue weighted by Gasteiger charge is -2.10. The second kappa shape index (κ2) is 12.0. The zero-order valence-electron chi connectivity index (χ0n) is 27.1. The second-order valence-corrected chi connectivity index (χ2v) is 13.4. The molecule has 4 heterocycles. The second-order valence-electron chi connectivity index (χ2n) is 12.4. The lowest BCUT2D eigenvalue weighted by atomic mass is 10.0. The van der Waals surface area contributed by atoms with E-state index in [0.717, 1.165) is 53.9 Å². The summed E-state index contributed by atoms with van der Waals surface area (Å²) in [6.07, 6.45) is 1.83. The Bertz CT molecular complexity index is 2850. The van der Waals surface area contributed by atoms with Crippen molar-refractivity contribution in [2.45, 2.75) is 0 Å². The van der Waals surface area contributed by atoms with E-state index in [0.29, 0.717) is 23.3 Å². The van der Waals surface area contributed by atoms with Crippen molar-refractivity contribution in [3.63, 3.8) is 0 Å². The SMILES string of the molecule is c1ccc(-c2nc(-c3ccccc3)nc(-c3ccc(-c4nc(-c5ccc6cc7ccccc7cc6c5)c5sc6ncccc6c5n4)cc3)n2)cc1. The Kier molecular flexibility index (Phi) is 6.89. The smallest absolute Gasteiger partial charge is 0.164 e. The van der Waals surface area contributed by atoms with Gasteiger partial charge in [-0.1, -0.05) is 121 Å². The van der Waals surface area contributed by atoms with Crippen LogP contribution in [0.5, 0.6) is 0 Å². The fourth-order valence-electron chi connectivity index (χ4n) is 6.60. The van der Waals surface area contributed by atoms with Crippen LogP contribution in [0.3, 0.4) is 0 Å². The number of pyridine rings is 1. The Labute approximate surface area is 296 Å². The lowest BCUT2D eigenvalue weighted by Crippen LogP contribution is -2.00. The van der Waals surface area contributed by atoms with Crippen molar-refractivity contribution in [1.82, 2.24) is 29.9 Å². The van der Waals surface area contributed by atoms with Crippen LogP contribution in [-0.4, -0.2) is 29.9 Å². The molecule has 0 radical (unpaired) electrons. The highest BCUT2D eigenvalue weighted by molar-refractivity contribution is 7.25. The van der Waals surface area contributed by atoms with E-state index < -0.39 is 0 Å². The van der Waals surface area contributed by atoms with Crippen LogP contribution in [0.25, 0.3) is 98.8 Å². The molecule has 10 aromatic rings. The summed E-state index contributed by atoms with van der Waals surface area (Å²) in [5.41, 5.74) is 6.49. The van der Waals surface area contributed by atoms with Gasteiger partial charge in [0, 0.05) is 39.4 Å². The van der Waals surface area contributed by atoms with Crippen LogP contribution in [0.4, 0.5) is 0 Å². The minimum Gasteiger partial charge on any atom is -0.245 e. The number of hydrogen-bond acceptors (Lipinski definition) is 7. The third-order valence-electron chi connectivity index (χ3n) is 9.17. The molecule has 7 heteroatoms. The van der Waals surface area contributed by atoms with Gasteiger partial charge in [-0.3, -0.25) is 0 Å². The zero-order valence-corrected chi connectivity index (χ0v) is 27.9. The number of aromatic nitrogens is 6. The predicted octanol–water partition coefficient (Wildman–Crippen LogP) is 11.1. The average molecular weight is 671 g/mol. The average Bonchev–Trinajstić information content (AvgIpc) is 3.59. The summed E-state index contributed by atoms with van der Waals surface area (Å²) >= 11 is 1.64. The van der Waals surface area contributed by atoms with Gasteiger partial charge in [0.15, 0.2) is 23.3 Å². The summed E-state index contributed by atoms with van der Waals surface area (Å²) in [4.78, 5) is 30.7. The van der Waals surface area contributed by atoms with Gasteiger partial charge in [0.2, 0.25) is 0 Å². The van der Waals surface area contributed by atoms with Gasteiger partial charge in [-0.25, -0.2) is 29.9 Å². The van der Waals surface area contributed by atoms with Crippen LogP contribution in [0.1, 0.15) is 0 Å². The minimum absolute atomic E-state index is 0.602. The summed E-state index contributed by atoms with van der Waals surface area (Å²) in [5, 5.41) is 5.84. The first-order valence-corrected chi connectivity index (χ1v) is 17.5. The van der Waals surface area contributed by atoms with E-state index >= 15 is 0 Å².